The Kier molecular flexibility index (Phi) is 5.68. The van der Waals surface area contributed by atoms with Crippen LogP contribution >= 0.6 is 27.7 Å². The molecular weight excluding hydrogens is 318 g/mol. The smallest absolute Gasteiger partial charge is 0.325 e. The van der Waals surface area contributed by atoms with Crippen molar-refractivity contribution in [3.05, 3.63) is 28.7 Å². The summed E-state index contributed by atoms with van der Waals surface area (Å²) in [5.74, 6) is -1.32. The summed E-state index contributed by atoms with van der Waals surface area (Å²) in [6.45, 7) is 3.19. The zero-order valence-electron chi connectivity index (χ0n) is 10.0. The first kappa shape index (κ1) is 15.0. The second kappa shape index (κ2) is 6.80. The summed E-state index contributed by atoms with van der Waals surface area (Å²) in [4.78, 5) is 23.3. The number of amides is 1. The van der Waals surface area contributed by atoms with Crippen LogP contribution in [-0.2, 0) is 9.59 Å². The summed E-state index contributed by atoms with van der Waals surface area (Å²) in [5, 5.41) is 10.8. The third kappa shape index (κ3) is 4.70. The normalized spacial score (nSPS) is 13.7. The van der Waals surface area contributed by atoms with Gasteiger partial charge in [0, 0.05) is 9.37 Å². The minimum absolute atomic E-state index is 0.280. The van der Waals surface area contributed by atoms with Crippen LogP contribution in [-0.4, -0.2) is 28.3 Å². The van der Waals surface area contributed by atoms with Crippen molar-refractivity contribution >= 4 is 39.6 Å². The zero-order valence-corrected chi connectivity index (χ0v) is 12.4. The molecule has 1 rings (SSSR count). The molecule has 2 N–H and O–H groups in total. The maximum Gasteiger partial charge on any atom is 0.325 e. The van der Waals surface area contributed by atoms with E-state index in [1.54, 1.807) is 6.92 Å². The second-order valence-electron chi connectivity index (χ2n) is 3.78. The SMILES string of the molecule is CC(Sc1ccc(Br)cc1)C(=O)N[C@@H](C)C(=O)O. The van der Waals surface area contributed by atoms with Crippen LogP contribution in [0.1, 0.15) is 13.8 Å². The summed E-state index contributed by atoms with van der Waals surface area (Å²) in [6, 6.07) is 6.73. The van der Waals surface area contributed by atoms with Gasteiger partial charge in [-0.1, -0.05) is 15.9 Å². The van der Waals surface area contributed by atoms with Crippen LogP contribution in [0.25, 0.3) is 0 Å². The molecule has 6 heteroatoms. The predicted molar refractivity (Wildman–Crippen MR) is 74.7 cm³/mol. The first-order valence-corrected chi connectivity index (χ1v) is 7.03. The number of aliphatic carboxylic acids is 1. The minimum atomic E-state index is -1.04. The Morgan fingerprint density at radius 1 is 1.28 bits per heavy atom. The molecule has 0 aliphatic carbocycles. The third-order valence-corrected chi connectivity index (χ3v) is 3.87. The maximum atomic E-state index is 11.7. The standard InChI is InChI=1S/C12H14BrNO3S/c1-7(12(16)17)14-11(15)8(2)18-10-5-3-9(13)4-6-10/h3-8H,1-2H3,(H,14,15)(H,16,17)/t7-,8?/m0/s1. The molecule has 2 atom stereocenters. The van der Waals surface area contributed by atoms with Crippen molar-refractivity contribution in [1.82, 2.24) is 5.32 Å². The van der Waals surface area contributed by atoms with Gasteiger partial charge in [0.15, 0.2) is 0 Å². The number of carbonyl (C=O) groups excluding carboxylic acids is 1. The Hall–Kier alpha value is -1.01. The number of carboxylic acids is 1. The predicted octanol–water partition coefficient (Wildman–Crippen LogP) is 2.52. The molecule has 0 saturated heterocycles. The first-order chi connectivity index (χ1) is 8.40. The summed E-state index contributed by atoms with van der Waals surface area (Å²) in [5.41, 5.74) is 0. The lowest BCUT2D eigenvalue weighted by atomic mass is 10.3. The molecule has 0 saturated carbocycles. The molecule has 1 aromatic rings. The van der Waals surface area contributed by atoms with Crippen molar-refractivity contribution in [2.75, 3.05) is 0 Å². The molecule has 0 spiro atoms. The Labute approximate surface area is 118 Å². The van der Waals surface area contributed by atoms with Gasteiger partial charge in [0.1, 0.15) is 6.04 Å². The van der Waals surface area contributed by atoms with Crippen molar-refractivity contribution in [2.45, 2.75) is 30.0 Å². The van der Waals surface area contributed by atoms with Gasteiger partial charge in [-0.15, -0.1) is 11.8 Å². The highest BCUT2D eigenvalue weighted by Gasteiger charge is 2.19. The number of hydrogen-bond acceptors (Lipinski definition) is 3. The molecule has 0 aliphatic heterocycles. The van der Waals surface area contributed by atoms with E-state index in [9.17, 15) is 9.59 Å². The van der Waals surface area contributed by atoms with E-state index in [0.29, 0.717) is 0 Å². The van der Waals surface area contributed by atoms with E-state index in [2.05, 4.69) is 21.2 Å². The van der Waals surface area contributed by atoms with Gasteiger partial charge in [0.25, 0.3) is 0 Å². The molecule has 0 bridgehead atoms. The molecule has 4 nitrogen and oxygen atoms in total. The van der Waals surface area contributed by atoms with Gasteiger partial charge in [0.05, 0.1) is 5.25 Å². The molecule has 0 fully saturated rings. The van der Waals surface area contributed by atoms with Crippen LogP contribution < -0.4 is 5.32 Å². The molecule has 98 valence electrons. The molecular formula is C12H14BrNO3S. The molecule has 1 aromatic carbocycles. The highest BCUT2D eigenvalue weighted by Crippen LogP contribution is 2.24. The van der Waals surface area contributed by atoms with E-state index in [0.717, 1.165) is 9.37 Å². The van der Waals surface area contributed by atoms with Crippen LogP contribution in [0.3, 0.4) is 0 Å². The highest BCUT2D eigenvalue weighted by molar-refractivity contribution is 9.10. The van der Waals surface area contributed by atoms with Gasteiger partial charge < -0.3 is 10.4 Å². The number of benzene rings is 1. The Morgan fingerprint density at radius 3 is 2.33 bits per heavy atom. The van der Waals surface area contributed by atoms with Gasteiger partial charge in [-0.25, -0.2) is 0 Å². The molecule has 1 unspecified atom stereocenters. The fourth-order valence-corrected chi connectivity index (χ4v) is 2.30. The van der Waals surface area contributed by atoms with Crippen LogP contribution in [0.4, 0.5) is 0 Å². The summed E-state index contributed by atoms with van der Waals surface area (Å²) >= 11 is 4.72. The van der Waals surface area contributed by atoms with E-state index >= 15 is 0 Å². The van der Waals surface area contributed by atoms with Gasteiger partial charge in [-0.3, -0.25) is 9.59 Å². The Balaban J connectivity index is 2.54. The van der Waals surface area contributed by atoms with Gasteiger partial charge in [-0.2, -0.15) is 0 Å². The fourth-order valence-electron chi connectivity index (χ4n) is 1.16. The number of carboxylic acid groups (broad SMARTS) is 1. The first-order valence-electron chi connectivity index (χ1n) is 5.35. The average Bonchev–Trinajstić information content (AvgIpc) is 2.31. The van der Waals surface area contributed by atoms with Crippen LogP contribution in [0, 0.1) is 0 Å². The van der Waals surface area contributed by atoms with E-state index in [1.807, 2.05) is 24.3 Å². The van der Waals surface area contributed by atoms with E-state index in [-0.39, 0.29) is 11.2 Å². The van der Waals surface area contributed by atoms with Crippen molar-refractivity contribution in [3.63, 3.8) is 0 Å². The van der Waals surface area contributed by atoms with Gasteiger partial charge in [0.2, 0.25) is 5.91 Å². The van der Waals surface area contributed by atoms with Gasteiger partial charge in [-0.05, 0) is 38.1 Å². The fraction of sp³-hybridized carbons (Fsp3) is 0.333. The molecule has 0 aromatic heterocycles. The largest absolute Gasteiger partial charge is 0.480 e. The van der Waals surface area contributed by atoms with Crippen LogP contribution in [0.15, 0.2) is 33.6 Å². The minimum Gasteiger partial charge on any atom is -0.480 e. The van der Waals surface area contributed by atoms with Crippen molar-refractivity contribution in [2.24, 2.45) is 0 Å². The molecule has 0 heterocycles. The number of thioether (sulfide) groups is 1. The Morgan fingerprint density at radius 2 is 1.83 bits per heavy atom. The number of halogens is 1. The van der Waals surface area contributed by atoms with Crippen LogP contribution in [0.5, 0.6) is 0 Å². The second-order valence-corrected chi connectivity index (χ2v) is 6.11. The Bertz CT molecular complexity index is 435. The monoisotopic (exact) mass is 331 g/mol. The summed E-state index contributed by atoms with van der Waals surface area (Å²) in [6.07, 6.45) is 0. The van der Waals surface area contributed by atoms with E-state index in [1.165, 1.54) is 18.7 Å². The lowest BCUT2D eigenvalue weighted by molar-refractivity contribution is -0.141. The number of carbonyl (C=O) groups is 2. The summed E-state index contributed by atoms with van der Waals surface area (Å²) < 4.78 is 0.975. The topological polar surface area (TPSA) is 66.4 Å². The number of hydrogen-bond donors (Lipinski definition) is 2. The van der Waals surface area contributed by atoms with E-state index < -0.39 is 12.0 Å². The zero-order chi connectivity index (χ0) is 13.7. The molecule has 18 heavy (non-hydrogen) atoms. The molecule has 0 radical (unpaired) electrons. The number of nitrogens with one attached hydrogen (secondary N) is 1. The number of rotatable bonds is 5. The lowest BCUT2D eigenvalue weighted by Gasteiger charge is -2.14. The summed E-state index contributed by atoms with van der Waals surface area (Å²) in [7, 11) is 0. The average molecular weight is 332 g/mol. The quantitative estimate of drug-likeness (QED) is 0.813. The molecule has 1 amide bonds. The third-order valence-electron chi connectivity index (χ3n) is 2.22. The molecule has 0 aliphatic rings. The highest BCUT2D eigenvalue weighted by atomic mass is 79.9. The van der Waals surface area contributed by atoms with Crippen LogP contribution in [0.2, 0.25) is 0 Å². The van der Waals surface area contributed by atoms with E-state index in [4.69, 9.17) is 5.11 Å². The lowest BCUT2D eigenvalue weighted by Crippen LogP contribution is -2.41. The maximum absolute atomic E-state index is 11.7. The van der Waals surface area contributed by atoms with Gasteiger partial charge >= 0.3 is 5.97 Å². The van der Waals surface area contributed by atoms with Crippen molar-refractivity contribution < 1.29 is 14.7 Å². The van der Waals surface area contributed by atoms with Crippen molar-refractivity contribution in [1.29, 1.82) is 0 Å². The van der Waals surface area contributed by atoms with Crippen molar-refractivity contribution in [3.8, 4) is 0 Å².